The average molecular weight is 571 g/mol. The highest BCUT2D eigenvalue weighted by Gasteiger charge is 2.24. The molecule has 0 saturated carbocycles. The van der Waals surface area contributed by atoms with Crippen LogP contribution < -0.4 is 20.7 Å². The van der Waals surface area contributed by atoms with Gasteiger partial charge >= 0.3 is 0 Å². The van der Waals surface area contributed by atoms with E-state index in [0.29, 0.717) is 0 Å². The largest absolute Gasteiger partial charge is 0.310 e. The van der Waals surface area contributed by atoms with Gasteiger partial charge in [-0.15, -0.1) is 0 Å². The van der Waals surface area contributed by atoms with Crippen LogP contribution in [0, 0.1) is 27.7 Å². The molecular weight excluding hydrogens is 531 g/mol. The van der Waals surface area contributed by atoms with Crippen molar-refractivity contribution in [2.24, 2.45) is 0 Å². The third kappa shape index (κ3) is 5.79. The van der Waals surface area contributed by atoms with Crippen molar-refractivity contribution in [3.05, 3.63) is 168 Å². The number of nitrogens with zero attached hydrogens (tertiary/aromatic N) is 2. The first-order valence-corrected chi connectivity index (χ1v) is 15.4. The molecule has 2 nitrogen and oxygen atoms in total. The van der Waals surface area contributed by atoms with Crippen LogP contribution in [0.3, 0.4) is 0 Å². The van der Waals surface area contributed by atoms with Crippen LogP contribution in [0.1, 0.15) is 22.3 Å². The Kier molecular flexibility index (Phi) is 8.39. The van der Waals surface area contributed by atoms with Crippen LogP contribution >= 0.6 is 0 Å². The van der Waals surface area contributed by atoms with E-state index in [1.54, 1.807) is 0 Å². The molecule has 0 aliphatic rings. The molecule has 0 unspecified atom stereocenters. The molecule has 216 valence electrons. The highest BCUT2D eigenvalue weighted by atomic mass is 15.1. The summed E-state index contributed by atoms with van der Waals surface area (Å²) >= 11 is 0. The van der Waals surface area contributed by atoms with Crippen LogP contribution in [-0.2, 0) is 0 Å². The third-order valence-corrected chi connectivity index (χ3v) is 8.60. The zero-order valence-corrected chi connectivity index (χ0v) is 26.3. The molecule has 0 saturated heterocycles. The summed E-state index contributed by atoms with van der Waals surface area (Å²) in [5.74, 6) is 0. The standard InChI is InChI=1S/C41H39BN2/c1-30-26-38(43(34-18-10-6-11-19-34)35-20-12-7-13-21-35)27-31(2)40(30)42(5)41-32(3)28-39(29-33(41)4)44(36-22-14-8-15-23-36)37-24-16-9-17-25-37/h6-29H,1-5H3. The molecule has 0 N–H and O–H groups in total. The second-order valence-corrected chi connectivity index (χ2v) is 11.7. The van der Waals surface area contributed by atoms with Gasteiger partial charge in [-0.1, -0.05) is 113 Å². The Bertz CT molecular complexity index is 1590. The van der Waals surface area contributed by atoms with Crippen LogP contribution in [0.2, 0.25) is 6.82 Å². The van der Waals surface area contributed by atoms with Gasteiger partial charge in [0, 0.05) is 34.1 Å². The molecule has 6 rings (SSSR count). The predicted molar refractivity (Wildman–Crippen MR) is 192 cm³/mol. The number of rotatable bonds is 8. The first-order chi connectivity index (χ1) is 21.4. The van der Waals surface area contributed by atoms with Crippen molar-refractivity contribution < 1.29 is 0 Å². The molecule has 44 heavy (non-hydrogen) atoms. The minimum absolute atomic E-state index is 0.252. The lowest BCUT2D eigenvalue weighted by Gasteiger charge is -2.29. The lowest BCUT2D eigenvalue weighted by Crippen LogP contribution is -2.45. The summed E-state index contributed by atoms with van der Waals surface area (Å²) in [6, 6.07) is 51.9. The number of hydrogen-bond acceptors (Lipinski definition) is 2. The van der Waals surface area contributed by atoms with Crippen LogP contribution in [0.4, 0.5) is 34.1 Å². The molecule has 0 aliphatic heterocycles. The number of hydrogen-bond donors (Lipinski definition) is 0. The van der Waals surface area contributed by atoms with Gasteiger partial charge in [0.15, 0.2) is 0 Å². The average Bonchev–Trinajstić information content (AvgIpc) is 3.03. The maximum atomic E-state index is 2.36. The first kappa shape index (κ1) is 29.1. The van der Waals surface area contributed by atoms with E-state index in [4.69, 9.17) is 0 Å². The van der Waals surface area contributed by atoms with Crippen molar-refractivity contribution >= 4 is 51.8 Å². The van der Waals surface area contributed by atoms with E-state index in [0.717, 1.165) is 22.7 Å². The Hall–Kier alpha value is -5.02. The molecule has 6 aromatic carbocycles. The number of para-hydroxylation sites is 4. The lowest BCUT2D eigenvalue weighted by molar-refractivity contribution is 1.26. The molecule has 0 radical (unpaired) electrons. The van der Waals surface area contributed by atoms with E-state index in [2.05, 4.69) is 190 Å². The van der Waals surface area contributed by atoms with Crippen molar-refractivity contribution in [3.63, 3.8) is 0 Å². The van der Waals surface area contributed by atoms with Crippen molar-refractivity contribution in [1.82, 2.24) is 0 Å². The van der Waals surface area contributed by atoms with Crippen molar-refractivity contribution in [2.45, 2.75) is 34.5 Å². The Morgan fingerprint density at radius 2 is 0.568 bits per heavy atom. The fraction of sp³-hybridized carbons (Fsp3) is 0.122. The summed E-state index contributed by atoms with van der Waals surface area (Å²) in [5.41, 5.74) is 15.0. The van der Waals surface area contributed by atoms with E-state index >= 15 is 0 Å². The minimum Gasteiger partial charge on any atom is -0.310 e. The molecule has 0 heterocycles. The monoisotopic (exact) mass is 570 g/mol. The van der Waals surface area contributed by atoms with Gasteiger partial charge in [-0.3, -0.25) is 0 Å². The Labute approximate surface area is 263 Å². The first-order valence-electron chi connectivity index (χ1n) is 15.4. The van der Waals surface area contributed by atoms with Gasteiger partial charge in [0.25, 0.3) is 0 Å². The van der Waals surface area contributed by atoms with Crippen molar-refractivity contribution in [3.8, 4) is 0 Å². The summed E-state index contributed by atoms with van der Waals surface area (Å²) in [6.07, 6.45) is 0. The summed E-state index contributed by atoms with van der Waals surface area (Å²) < 4.78 is 0. The molecular formula is C41H39BN2. The van der Waals surface area contributed by atoms with Gasteiger partial charge in [-0.05, 0) is 100 Å². The Morgan fingerprint density at radius 1 is 0.341 bits per heavy atom. The van der Waals surface area contributed by atoms with Crippen LogP contribution in [-0.4, -0.2) is 6.71 Å². The van der Waals surface area contributed by atoms with Crippen LogP contribution in [0.5, 0.6) is 0 Å². The fourth-order valence-corrected chi connectivity index (χ4v) is 6.87. The fourth-order valence-electron chi connectivity index (χ4n) is 6.87. The second-order valence-electron chi connectivity index (χ2n) is 11.7. The second kappa shape index (κ2) is 12.7. The quantitative estimate of drug-likeness (QED) is 0.168. The highest BCUT2D eigenvalue weighted by molar-refractivity contribution is 6.85. The molecule has 6 aromatic rings. The van der Waals surface area contributed by atoms with Crippen molar-refractivity contribution in [1.29, 1.82) is 0 Å². The minimum atomic E-state index is 0.252. The highest BCUT2D eigenvalue weighted by Crippen LogP contribution is 2.36. The normalized spacial score (nSPS) is 10.8. The van der Waals surface area contributed by atoms with Crippen molar-refractivity contribution in [2.75, 3.05) is 9.80 Å². The van der Waals surface area contributed by atoms with E-state index in [9.17, 15) is 0 Å². The summed E-state index contributed by atoms with van der Waals surface area (Å²) in [7, 11) is 0. The number of benzene rings is 6. The lowest BCUT2D eigenvalue weighted by atomic mass is 9.39. The maximum Gasteiger partial charge on any atom is 0.207 e. The topological polar surface area (TPSA) is 6.48 Å². The third-order valence-electron chi connectivity index (χ3n) is 8.60. The maximum absolute atomic E-state index is 2.36. The predicted octanol–water partition coefficient (Wildman–Crippen LogP) is 10.1. The van der Waals surface area contributed by atoms with E-state index in [1.165, 1.54) is 44.6 Å². The van der Waals surface area contributed by atoms with E-state index in [-0.39, 0.29) is 6.71 Å². The zero-order chi connectivity index (χ0) is 30.6. The molecule has 0 aliphatic carbocycles. The number of aryl methyl sites for hydroxylation is 4. The van der Waals surface area contributed by atoms with Gasteiger partial charge in [0.05, 0.1) is 0 Å². The zero-order valence-electron chi connectivity index (χ0n) is 26.3. The Balaban J connectivity index is 1.40. The summed E-state index contributed by atoms with van der Waals surface area (Å²) in [6.45, 7) is 11.7. The summed E-state index contributed by atoms with van der Waals surface area (Å²) in [4.78, 5) is 4.70. The van der Waals surface area contributed by atoms with E-state index in [1.807, 2.05) is 0 Å². The van der Waals surface area contributed by atoms with Gasteiger partial charge in [0.2, 0.25) is 6.71 Å². The number of anilines is 6. The molecule has 0 fully saturated rings. The van der Waals surface area contributed by atoms with Gasteiger partial charge in [-0.2, -0.15) is 0 Å². The molecule has 0 amide bonds. The molecule has 0 spiro atoms. The molecule has 0 aromatic heterocycles. The summed E-state index contributed by atoms with van der Waals surface area (Å²) in [5, 5.41) is 0. The van der Waals surface area contributed by atoms with Gasteiger partial charge < -0.3 is 9.80 Å². The smallest absolute Gasteiger partial charge is 0.207 e. The van der Waals surface area contributed by atoms with Gasteiger partial charge in [-0.25, -0.2) is 0 Å². The molecule has 0 atom stereocenters. The van der Waals surface area contributed by atoms with Crippen LogP contribution in [0.25, 0.3) is 0 Å². The molecule has 3 heteroatoms. The van der Waals surface area contributed by atoms with Crippen LogP contribution in [0.15, 0.2) is 146 Å². The van der Waals surface area contributed by atoms with E-state index < -0.39 is 0 Å². The Morgan fingerprint density at radius 3 is 0.795 bits per heavy atom. The molecule has 0 bridgehead atoms. The van der Waals surface area contributed by atoms with Gasteiger partial charge in [0.1, 0.15) is 0 Å². The SMILES string of the molecule is CB(c1c(C)cc(N(c2ccccc2)c2ccccc2)cc1C)c1c(C)cc(N(c2ccccc2)c2ccccc2)cc1C.